The third kappa shape index (κ3) is 4.76. The maximum absolute atomic E-state index is 12.5. The molecule has 0 amide bonds. The summed E-state index contributed by atoms with van der Waals surface area (Å²) in [7, 11) is 1.40. The van der Waals surface area contributed by atoms with Crippen LogP contribution in [0.15, 0.2) is 24.5 Å². The zero-order chi connectivity index (χ0) is 21.7. The number of thiophene rings is 1. The predicted octanol–water partition coefficient (Wildman–Crippen LogP) is 4.44. The quantitative estimate of drug-likeness (QED) is 0.496. The van der Waals surface area contributed by atoms with E-state index >= 15 is 0 Å². The van der Waals surface area contributed by atoms with Crippen LogP contribution >= 0.6 is 11.3 Å². The third-order valence-electron chi connectivity index (χ3n) is 4.34. The first kappa shape index (κ1) is 21.7. The van der Waals surface area contributed by atoms with Crippen molar-refractivity contribution in [1.82, 2.24) is 9.97 Å². The number of rotatable bonds is 9. The maximum atomic E-state index is 12.5. The van der Waals surface area contributed by atoms with Crippen LogP contribution in [-0.4, -0.2) is 42.8 Å². The second-order valence-electron chi connectivity index (χ2n) is 6.22. The van der Waals surface area contributed by atoms with Crippen molar-refractivity contribution in [3.8, 4) is 11.5 Å². The number of methoxy groups -OCH3 is 1. The van der Waals surface area contributed by atoms with E-state index in [0.29, 0.717) is 35.1 Å². The van der Waals surface area contributed by atoms with E-state index in [9.17, 15) is 13.6 Å². The molecule has 7 nitrogen and oxygen atoms in total. The van der Waals surface area contributed by atoms with Crippen LogP contribution in [0.2, 0.25) is 0 Å². The fourth-order valence-electron chi connectivity index (χ4n) is 2.98. The topological polar surface area (TPSA) is 82.6 Å². The van der Waals surface area contributed by atoms with Gasteiger partial charge in [-0.05, 0) is 43.5 Å². The SMILES string of the molecule is CCOC(=O)c1sc2ncnc(NCCc3ccc(OC(F)F)c(OC)c3)c2c1C. The second-order valence-corrected chi connectivity index (χ2v) is 7.22. The van der Waals surface area contributed by atoms with Gasteiger partial charge < -0.3 is 19.5 Å². The van der Waals surface area contributed by atoms with Gasteiger partial charge in [0.1, 0.15) is 21.9 Å². The van der Waals surface area contributed by atoms with E-state index in [2.05, 4.69) is 20.0 Å². The molecule has 30 heavy (non-hydrogen) atoms. The summed E-state index contributed by atoms with van der Waals surface area (Å²) in [6.07, 6.45) is 2.03. The summed E-state index contributed by atoms with van der Waals surface area (Å²) < 4.78 is 39.6. The van der Waals surface area contributed by atoms with Gasteiger partial charge in [0.2, 0.25) is 0 Å². The summed E-state index contributed by atoms with van der Waals surface area (Å²) >= 11 is 1.27. The summed E-state index contributed by atoms with van der Waals surface area (Å²) in [4.78, 5) is 21.9. The number of nitrogens with zero attached hydrogens (tertiary/aromatic N) is 2. The Balaban J connectivity index is 1.74. The molecule has 0 aliphatic carbocycles. The molecule has 1 N–H and O–H groups in total. The van der Waals surface area contributed by atoms with Gasteiger partial charge in [0, 0.05) is 6.54 Å². The molecule has 0 unspecified atom stereocenters. The molecule has 10 heteroatoms. The van der Waals surface area contributed by atoms with E-state index in [1.54, 1.807) is 19.1 Å². The van der Waals surface area contributed by atoms with Crippen molar-refractivity contribution >= 4 is 33.3 Å². The van der Waals surface area contributed by atoms with Gasteiger partial charge in [-0.1, -0.05) is 6.07 Å². The number of hydrogen-bond donors (Lipinski definition) is 1. The normalized spacial score (nSPS) is 11.0. The Morgan fingerprint density at radius 1 is 1.27 bits per heavy atom. The highest BCUT2D eigenvalue weighted by molar-refractivity contribution is 7.20. The van der Waals surface area contributed by atoms with Gasteiger partial charge in [-0.15, -0.1) is 11.3 Å². The Kier molecular flexibility index (Phi) is 6.99. The summed E-state index contributed by atoms with van der Waals surface area (Å²) in [5, 5.41) is 4.04. The number of carbonyl (C=O) groups is 1. The van der Waals surface area contributed by atoms with Gasteiger partial charge >= 0.3 is 12.6 Å². The lowest BCUT2D eigenvalue weighted by atomic mass is 10.1. The standard InChI is InChI=1S/C20H21F2N3O4S/c1-4-28-19(26)16-11(2)15-17(24-10-25-18(15)30-16)23-8-7-12-5-6-13(29-20(21)22)14(9-12)27-3/h5-6,9-10,20H,4,7-8H2,1-3H3,(H,23,24,25). The van der Waals surface area contributed by atoms with Crippen LogP contribution in [0.3, 0.4) is 0 Å². The van der Waals surface area contributed by atoms with Gasteiger partial charge in [0.05, 0.1) is 19.1 Å². The molecule has 3 rings (SSSR count). The first-order valence-electron chi connectivity index (χ1n) is 9.21. The number of aryl methyl sites for hydroxylation is 1. The number of esters is 1. The zero-order valence-electron chi connectivity index (χ0n) is 16.7. The highest BCUT2D eigenvalue weighted by atomic mass is 32.1. The lowest BCUT2D eigenvalue weighted by Crippen LogP contribution is -2.08. The zero-order valence-corrected chi connectivity index (χ0v) is 17.5. The van der Waals surface area contributed by atoms with Crippen molar-refractivity contribution in [2.45, 2.75) is 26.9 Å². The van der Waals surface area contributed by atoms with Crippen molar-refractivity contribution in [3.63, 3.8) is 0 Å². The summed E-state index contributed by atoms with van der Waals surface area (Å²) in [6, 6.07) is 4.81. The lowest BCUT2D eigenvalue weighted by Gasteiger charge is -2.12. The highest BCUT2D eigenvalue weighted by Gasteiger charge is 2.20. The van der Waals surface area contributed by atoms with Crippen LogP contribution in [0.4, 0.5) is 14.6 Å². The van der Waals surface area contributed by atoms with E-state index in [-0.39, 0.29) is 17.5 Å². The monoisotopic (exact) mass is 437 g/mol. The average Bonchev–Trinajstić information content (AvgIpc) is 3.06. The number of carbonyl (C=O) groups excluding carboxylic acids is 1. The number of ether oxygens (including phenoxy) is 3. The largest absolute Gasteiger partial charge is 0.493 e. The number of alkyl halides is 2. The molecular formula is C20H21F2N3O4S. The van der Waals surface area contributed by atoms with E-state index in [1.807, 2.05) is 6.92 Å². The van der Waals surface area contributed by atoms with Gasteiger partial charge in [-0.25, -0.2) is 14.8 Å². The number of anilines is 1. The number of hydrogen-bond acceptors (Lipinski definition) is 8. The molecule has 160 valence electrons. The summed E-state index contributed by atoms with van der Waals surface area (Å²) in [6.45, 7) is 1.50. The van der Waals surface area contributed by atoms with Crippen LogP contribution in [0.25, 0.3) is 10.2 Å². The van der Waals surface area contributed by atoms with Crippen molar-refractivity contribution < 1.29 is 27.8 Å². The minimum absolute atomic E-state index is 0.0119. The molecule has 0 bridgehead atoms. The molecule has 0 spiro atoms. The third-order valence-corrected chi connectivity index (χ3v) is 5.52. The van der Waals surface area contributed by atoms with E-state index in [1.165, 1.54) is 30.8 Å². The van der Waals surface area contributed by atoms with Gasteiger partial charge in [0.15, 0.2) is 11.5 Å². The Bertz CT molecular complexity index is 1040. The molecular weight excluding hydrogens is 416 g/mol. The second kappa shape index (κ2) is 9.66. The number of fused-ring (bicyclic) bond motifs is 1. The summed E-state index contributed by atoms with van der Waals surface area (Å²) in [5.41, 5.74) is 1.65. The van der Waals surface area contributed by atoms with Crippen LogP contribution in [0, 0.1) is 6.92 Å². The number of halogens is 2. The van der Waals surface area contributed by atoms with Crippen molar-refractivity contribution in [3.05, 3.63) is 40.5 Å². The first-order valence-corrected chi connectivity index (χ1v) is 10.0. The molecule has 3 aromatic rings. The van der Waals surface area contributed by atoms with Crippen LogP contribution in [-0.2, 0) is 11.2 Å². The summed E-state index contributed by atoms with van der Waals surface area (Å²) in [5.74, 6) is 0.475. The molecule has 0 aliphatic heterocycles. The number of nitrogens with one attached hydrogen (secondary N) is 1. The molecule has 2 heterocycles. The van der Waals surface area contributed by atoms with Crippen molar-refractivity contribution in [2.75, 3.05) is 25.6 Å². The molecule has 0 aliphatic rings. The molecule has 0 fully saturated rings. The highest BCUT2D eigenvalue weighted by Crippen LogP contribution is 2.34. The molecule has 0 saturated heterocycles. The Hall–Kier alpha value is -3.01. The Morgan fingerprint density at radius 2 is 2.07 bits per heavy atom. The van der Waals surface area contributed by atoms with Crippen molar-refractivity contribution in [2.24, 2.45) is 0 Å². The van der Waals surface area contributed by atoms with E-state index < -0.39 is 6.61 Å². The Labute approximate surface area is 176 Å². The van der Waals surface area contributed by atoms with Crippen molar-refractivity contribution in [1.29, 1.82) is 0 Å². The Morgan fingerprint density at radius 3 is 2.77 bits per heavy atom. The minimum Gasteiger partial charge on any atom is -0.493 e. The molecule has 0 atom stereocenters. The van der Waals surface area contributed by atoms with Gasteiger partial charge in [-0.3, -0.25) is 0 Å². The minimum atomic E-state index is -2.92. The van der Waals surface area contributed by atoms with E-state index in [4.69, 9.17) is 9.47 Å². The van der Waals surface area contributed by atoms with Gasteiger partial charge in [-0.2, -0.15) is 8.78 Å². The molecule has 2 aromatic heterocycles. The predicted molar refractivity (Wildman–Crippen MR) is 110 cm³/mol. The molecule has 0 radical (unpaired) electrons. The first-order chi connectivity index (χ1) is 14.4. The number of benzene rings is 1. The number of aromatic nitrogens is 2. The van der Waals surface area contributed by atoms with Gasteiger partial charge in [0.25, 0.3) is 0 Å². The average molecular weight is 437 g/mol. The van der Waals surface area contributed by atoms with E-state index in [0.717, 1.165) is 16.5 Å². The maximum Gasteiger partial charge on any atom is 0.387 e. The lowest BCUT2D eigenvalue weighted by molar-refractivity contribution is -0.0512. The smallest absolute Gasteiger partial charge is 0.387 e. The van der Waals surface area contributed by atoms with Crippen LogP contribution in [0.1, 0.15) is 27.7 Å². The van der Waals surface area contributed by atoms with Crippen LogP contribution in [0.5, 0.6) is 11.5 Å². The molecule has 0 saturated carbocycles. The molecule has 1 aromatic carbocycles. The fraction of sp³-hybridized carbons (Fsp3) is 0.350. The fourth-order valence-corrected chi connectivity index (χ4v) is 4.03. The van der Waals surface area contributed by atoms with Crippen LogP contribution < -0.4 is 14.8 Å².